The van der Waals surface area contributed by atoms with Gasteiger partial charge in [0.1, 0.15) is 5.75 Å². The summed E-state index contributed by atoms with van der Waals surface area (Å²) in [4.78, 5) is 4.66. The van der Waals surface area contributed by atoms with Crippen LogP contribution in [-0.4, -0.2) is 16.7 Å². The molecule has 5 aromatic rings. The molecule has 2 heterocycles. The van der Waals surface area contributed by atoms with E-state index in [-0.39, 0.29) is 0 Å². The first-order valence-electron chi connectivity index (χ1n) is 9.53. The summed E-state index contributed by atoms with van der Waals surface area (Å²) in [5, 5.41) is 2.46. The molecule has 0 N–H and O–H groups in total. The molecule has 2 aromatic heterocycles. The summed E-state index contributed by atoms with van der Waals surface area (Å²) in [5.74, 6) is 1.49. The van der Waals surface area contributed by atoms with Crippen molar-refractivity contribution in [3.63, 3.8) is 0 Å². The smallest absolute Gasteiger partial charge is 0.120 e. The number of pyridine rings is 1. The van der Waals surface area contributed by atoms with Gasteiger partial charge in [-0.05, 0) is 42.0 Å². The van der Waals surface area contributed by atoms with Crippen LogP contribution in [0.25, 0.3) is 38.8 Å². The molecule has 3 nitrogen and oxygen atoms in total. The second kappa shape index (κ2) is 7.30. The third kappa shape index (κ3) is 2.97. The zero-order valence-corrected chi connectivity index (χ0v) is 16.9. The second-order valence-corrected chi connectivity index (χ2v) is 7.28. The number of methoxy groups -OCH3 is 1. The number of nitrogens with zero attached hydrogens (tertiary/aromatic N) is 2. The number of benzene rings is 3. The standard InChI is InChI=1S/C25H20N2OS/c1-28-18-10-11-21(22-14-17(16-29)12-13-26-22)25(15-18)27-23-8-4-2-6-19(23)20-7-3-5-9-24(20)27/h2-15,29H,16H2,1H3. The number of hydrogen-bond donors (Lipinski definition) is 1. The predicted octanol–water partition coefficient (Wildman–Crippen LogP) is 6.28. The number of ether oxygens (including phenoxy) is 1. The van der Waals surface area contributed by atoms with Gasteiger partial charge in [0.05, 0.1) is 29.5 Å². The Hall–Kier alpha value is -3.24. The Morgan fingerprint density at radius 3 is 2.21 bits per heavy atom. The van der Waals surface area contributed by atoms with E-state index < -0.39 is 0 Å². The molecule has 5 rings (SSSR count). The minimum absolute atomic E-state index is 0.677. The number of para-hydroxylation sites is 2. The van der Waals surface area contributed by atoms with E-state index >= 15 is 0 Å². The molecule has 0 unspecified atom stereocenters. The lowest BCUT2D eigenvalue weighted by molar-refractivity contribution is 0.414. The summed E-state index contributed by atoms with van der Waals surface area (Å²) >= 11 is 4.43. The summed E-state index contributed by atoms with van der Waals surface area (Å²) in [6.45, 7) is 0. The molecule has 0 spiro atoms. The summed E-state index contributed by atoms with van der Waals surface area (Å²) in [5.41, 5.74) is 6.49. The highest BCUT2D eigenvalue weighted by Crippen LogP contribution is 2.37. The van der Waals surface area contributed by atoms with Gasteiger partial charge in [-0.25, -0.2) is 0 Å². The van der Waals surface area contributed by atoms with Gasteiger partial charge in [0.15, 0.2) is 0 Å². The van der Waals surface area contributed by atoms with E-state index in [1.807, 2.05) is 18.3 Å². The van der Waals surface area contributed by atoms with Gasteiger partial charge >= 0.3 is 0 Å². The lowest BCUT2D eigenvalue weighted by atomic mass is 10.1. The number of fused-ring (bicyclic) bond motifs is 3. The molecular formula is C25H20N2OS. The molecule has 4 heteroatoms. The van der Waals surface area contributed by atoms with Gasteiger partial charge in [-0.2, -0.15) is 12.6 Å². The van der Waals surface area contributed by atoms with Gasteiger partial charge in [0.2, 0.25) is 0 Å². The van der Waals surface area contributed by atoms with Gasteiger partial charge in [0, 0.05) is 34.4 Å². The molecule has 3 aromatic carbocycles. The quantitative estimate of drug-likeness (QED) is 0.362. The Morgan fingerprint density at radius 1 is 0.862 bits per heavy atom. The largest absolute Gasteiger partial charge is 0.497 e. The SMILES string of the molecule is COc1ccc(-c2cc(CS)ccn2)c(-n2c3ccccc3c3ccccc32)c1. The van der Waals surface area contributed by atoms with Crippen LogP contribution < -0.4 is 4.74 Å². The minimum Gasteiger partial charge on any atom is -0.497 e. The zero-order valence-electron chi connectivity index (χ0n) is 16.0. The van der Waals surface area contributed by atoms with E-state index in [1.165, 1.54) is 10.8 Å². The highest BCUT2D eigenvalue weighted by Gasteiger charge is 2.16. The van der Waals surface area contributed by atoms with E-state index in [1.54, 1.807) is 7.11 Å². The van der Waals surface area contributed by atoms with E-state index in [2.05, 4.69) is 88.9 Å². The number of thiol groups is 1. The maximum atomic E-state index is 5.57. The molecule has 142 valence electrons. The molecule has 0 aliphatic heterocycles. The molecule has 0 fully saturated rings. The van der Waals surface area contributed by atoms with Crippen molar-refractivity contribution in [1.29, 1.82) is 0 Å². The third-order valence-corrected chi connectivity index (χ3v) is 5.67. The summed E-state index contributed by atoms with van der Waals surface area (Å²) < 4.78 is 7.87. The second-order valence-electron chi connectivity index (χ2n) is 6.96. The van der Waals surface area contributed by atoms with Crippen LogP contribution in [0, 0.1) is 0 Å². The highest BCUT2D eigenvalue weighted by molar-refractivity contribution is 7.79. The average Bonchev–Trinajstić information content (AvgIpc) is 3.13. The number of rotatable bonds is 4. The first kappa shape index (κ1) is 17.8. The third-order valence-electron chi connectivity index (χ3n) is 5.31. The molecule has 0 bridgehead atoms. The first-order chi connectivity index (χ1) is 14.3. The van der Waals surface area contributed by atoms with Crippen LogP contribution in [-0.2, 0) is 5.75 Å². The predicted molar refractivity (Wildman–Crippen MR) is 123 cm³/mol. The maximum absolute atomic E-state index is 5.57. The zero-order chi connectivity index (χ0) is 19.8. The van der Waals surface area contributed by atoms with Crippen molar-refractivity contribution in [2.45, 2.75) is 5.75 Å². The molecule has 0 saturated heterocycles. The van der Waals surface area contributed by atoms with Crippen molar-refractivity contribution in [2.75, 3.05) is 7.11 Å². The Kier molecular flexibility index (Phi) is 4.49. The van der Waals surface area contributed by atoms with Gasteiger partial charge in [-0.1, -0.05) is 36.4 Å². The number of aromatic nitrogens is 2. The van der Waals surface area contributed by atoms with E-state index in [4.69, 9.17) is 4.74 Å². The van der Waals surface area contributed by atoms with Crippen LogP contribution in [0.1, 0.15) is 5.56 Å². The van der Waals surface area contributed by atoms with E-state index in [0.29, 0.717) is 5.75 Å². The number of hydrogen-bond acceptors (Lipinski definition) is 3. The molecule has 0 saturated carbocycles. The summed E-state index contributed by atoms with van der Waals surface area (Å²) in [6, 6.07) is 27.3. The molecule has 0 aliphatic rings. The average molecular weight is 397 g/mol. The highest BCUT2D eigenvalue weighted by atomic mass is 32.1. The van der Waals surface area contributed by atoms with Gasteiger partial charge in [0.25, 0.3) is 0 Å². The van der Waals surface area contributed by atoms with E-state index in [9.17, 15) is 0 Å². The van der Waals surface area contributed by atoms with Crippen molar-refractivity contribution in [3.8, 4) is 22.7 Å². The Morgan fingerprint density at radius 2 is 1.55 bits per heavy atom. The fourth-order valence-corrected chi connectivity index (χ4v) is 4.14. The monoisotopic (exact) mass is 396 g/mol. The van der Waals surface area contributed by atoms with Crippen LogP contribution in [0.15, 0.2) is 85.1 Å². The van der Waals surface area contributed by atoms with Gasteiger partial charge in [-0.3, -0.25) is 4.98 Å². The van der Waals surface area contributed by atoms with Crippen LogP contribution >= 0.6 is 12.6 Å². The normalized spacial score (nSPS) is 11.2. The molecular weight excluding hydrogens is 376 g/mol. The Balaban J connectivity index is 1.88. The van der Waals surface area contributed by atoms with Crippen molar-refractivity contribution in [3.05, 3.63) is 90.6 Å². The van der Waals surface area contributed by atoms with Crippen molar-refractivity contribution in [2.24, 2.45) is 0 Å². The summed E-state index contributed by atoms with van der Waals surface area (Å²) in [7, 11) is 1.70. The fourth-order valence-electron chi connectivity index (χ4n) is 3.94. The van der Waals surface area contributed by atoms with Crippen LogP contribution in [0.5, 0.6) is 5.75 Å². The van der Waals surface area contributed by atoms with Crippen LogP contribution in [0.3, 0.4) is 0 Å². The van der Waals surface area contributed by atoms with Crippen LogP contribution in [0.2, 0.25) is 0 Å². The Bertz CT molecular complexity index is 1290. The van der Waals surface area contributed by atoms with Crippen molar-refractivity contribution in [1.82, 2.24) is 9.55 Å². The molecule has 0 radical (unpaired) electrons. The minimum atomic E-state index is 0.677. The molecule has 0 amide bonds. The molecule has 0 atom stereocenters. The molecule has 0 aliphatic carbocycles. The fraction of sp³-hybridized carbons (Fsp3) is 0.0800. The van der Waals surface area contributed by atoms with E-state index in [0.717, 1.165) is 39.3 Å². The lowest BCUT2D eigenvalue weighted by Crippen LogP contribution is -1.99. The molecule has 29 heavy (non-hydrogen) atoms. The van der Waals surface area contributed by atoms with Crippen molar-refractivity contribution < 1.29 is 4.74 Å². The Labute approximate surface area is 175 Å². The topological polar surface area (TPSA) is 27.1 Å². The first-order valence-corrected chi connectivity index (χ1v) is 10.2. The van der Waals surface area contributed by atoms with Crippen molar-refractivity contribution >= 4 is 34.4 Å². The lowest BCUT2D eigenvalue weighted by Gasteiger charge is -2.15. The van der Waals surface area contributed by atoms with Gasteiger partial charge in [-0.15, -0.1) is 0 Å². The van der Waals surface area contributed by atoms with Crippen LogP contribution in [0.4, 0.5) is 0 Å². The maximum Gasteiger partial charge on any atom is 0.120 e. The summed E-state index contributed by atoms with van der Waals surface area (Å²) in [6.07, 6.45) is 1.85. The van der Waals surface area contributed by atoms with Gasteiger partial charge < -0.3 is 9.30 Å².